The van der Waals surface area contributed by atoms with Gasteiger partial charge in [-0.05, 0) is 24.0 Å². The summed E-state index contributed by atoms with van der Waals surface area (Å²) < 4.78 is 0. The van der Waals surface area contributed by atoms with Crippen LogP contribution in [-0.2, 0) is 0 Å². The molecular weight excluding hydrogens is 182 g/mol. The third kappa shape index (κ3) is 1.73. The van der Waals surface area contributed by atoms with Crippen LogP contribution < -0.4 is 0 Å². The number of rotatable bonds is 3. The van der Waals surface area contributed by atoms with Crippen molar-refractivity contribution in [3.8, 4) is 0 Å². The summed E-state index contributed by atoms with van der Waals surface area (Å²) in [7, 11) is 1.77. The SMILES string of the molecule is CN(CC1CCC1)C(=O)c1nn[nH]n1. The molecule has 0 aromatic carbocycles. The molecule has 1 aromatic rings. The van der Waals surface area contributed by atoms with E-state index in [9.17, 15) is 4.79 Å². The second-order valence-electron chi connectivity index (χ2n) is 3.72. The molecular formula is C8H13N5O. The molecule has 0 saturated heterocycles. The van der Waals surface area contributed by atoms with Crippen molar-refractivity contribution < 1.29 is 4.79 Å². The molecule has 6 heteroatoms. The summed E-state index contributed by atoms with van der Waals surface area (Å²) in [5, 5.41) is 12.9. The first kappa shape index (κ1) is 9.11. The van der Waals surface area contributed by atoms with Crippen LogP contribution in [0.5, 0.6) is 0 Å². The topological polar surface area (TPSA) is 74.8 Å². The van der Waals surface area contributed by atoms with Crippen molar-refractivity contribution in [1.29, 1.82) is 0 Å². The Balaban J connectivity index is 1.90. The standard InChI is InChI=1S/C8H13N5O/c1-13(5-6-3-2-4-6)8(14)7-9-11-12-10-7/h6H,2-5H2,1H3,(H,9,10,11,12). The maximum Gasteiger partial charge on any atom is 0.295 e. The van der Waals surface area contributed by atoms with E-state index in [2.05, 4.69) is 20.6 Å². The van der Waals surface area contributed by atoms with Crippen LogP contribution in [0.1, 0.15) is 29.9 Å². The first-order valence-corrected chi connectivity index (χ1v) is 4.76. The molecule has 14 heavy (non-hydrogen) atoms. The van der Waals surface area contributed by atoms with Gasteiger partial charge in [0.2, 0.25) is 0 Å². The fraction of sp³-hybridized carbons (Fsp3) is 0.750. The van der Waals surface area contributed by atoms with E-state index in [-0.39, 0.29) is 11.7 Å². The van der Waals surface area contributed by atoms with Gasteiger partial charge in [0.15, 0.2) is 0 Å². The third-order valence-electron chi connectivity index (χ3n) is 2.64. The molecule has 0 atom stereocenters. The van der Waals surface area contributed by atoms with Crippen LogP contribution in [0.3, 0.4) is 0 Å². The number of amides is 1. The molecule has 76 valence electrons. The molecule has 6 nitrogen and oxygen atoms in total. The summed E-state index contributed by atoms with van der Waals surface area (Å²) >= 11 is 0. The van der Waals surface area contributed by atoms with E-state index in [1.807, 2.05) is 0 Å². The third-order valence-corrected chi connectivity index (χ3v) is 2.64. The minimum atomic E-state index is -0.161. The number of hydrogen-bond acceptors (Lipinski definition) is 4. The van der Waals surface area contributed by atoms with Gasteiger partial charge >= 0.3 is 0 Å². The Hall–Kier alpha value is -1.46. The molecule has 1 fully saturated rings. The first-order valence-electron chi connectivity index (χ1n) is 4.76. The summed E-state index contributed by atoms with van der Waals surface area (Å²) in [6.07, 6.45) is 3.74. The number of H-pyrrole nitrogens is 1. The average Bonchev–Trinajstić information content (AvgIpc) is 2.62. The van der Waals surface area contributed by atoms with Crippen molar-refractivity contribution in [2.45, 2.75) is 19.3 Å². The molecule has 1 amide bonds. The van der Waals surface area contributed by atoms with Crippen molar-refractivity contribution in [1.82, 2.24) is 25.5 Å². The zero-order chi connectivity index (χ0) is 9.97. The molecule has 1 N–H and O–H groups in total. The van der Waals surface area contributed by atoms with Gasteiger partial charge in [-0.1, -0.05) is 6.42 Å². The minimum Gasteiger partial charge on any atom is -0.339 e. The Bertz CT molecular complexity index is 306. The molecule has 1 heterocycles. The molecule has 1 aliphatic rings. The van der Waals surface area contributed by atoms with Crippen LogP contribution in [-0.4, -0.2) is 45.0 Å². The number of aromatic amines is 1. The zero-order valence-electron chi connectivity index (χ0n) is 8.10. The van der Waals surface area contributed by atoms with Gasteiger partial charge in [-0.15, -0.1) is 10.2 Å². The van der Waals surface area contributed by atoms with E-state index in [0.29, 0.717) is 5.92 Å². The van der Waals surface area contributed by atoms with Crippen molar-refractivity contribution in [2.24, 2.45) is 5.92 Å². The predicted octanol–water partition coefficient (Wildman–Crippen LogP) is 0.0718. The number of hydrogen-bond donors (Lipinski definition) is 1. The second kappa shape index (κ2) is 3.73. The van der Waals surface area contributed by atoms with E-state index < -0.39 is 0 Å². The monoisotopic (exact) mass is 195 g/mol. The van der Waals surface area contributed by atoms with Gasteiger partial charge in [0.1, 0.15) is 0 Å². The highest BCUT2D eigenvalue weighted by Crippen LogP contribution is 2.26. The lowest BCUT2D eigenvalue weighted by molar-refractivity contribution is 0.0733. The van der Waals surface area contributed by atoms with Gasteiger partial charge in [-0.25, -0.2) is 0 Å². The van der Waals surface area contributed by atoms with E-state index in [1.54, 1.807) is 11.9 Å². The maximum absolute atomic E-state index is 11.6. The molecule has 0 spiro atoms. The summed E-state index contributed by atoms with van der Waals surface area (Å²) in [5.74, 6) is 0.647. The predicted molar refractivity (Wildman–Crippen MR) is 48.5 cm³/mol. The van der Waals surface area contributed by atoms with Gasteiger partial charge in [0.25, 0.3) is 11.7 Å². The Morgan fingerprint density at radius 3 is 2.93 bits per heavy atom. The van der Waals surface area contributed by atoms with Crippen LogP contribution >= 0.6 is 0 Å². The normalized spacial score (nSPS) is 16.4. The van der Waals surface area contributed by atoms with Crippen LogP contribution in [0.4, 0.5) is 0 Å². The van der Waals surface area contributed by atoms with Crippen LogP contribution in [0.15, 0.2) is 0 Å². The van der Waals surface area contributed by atoms with E-state index in [4.69, 9.17) is 0 Å². The van der Waals surface area contributed by atoms with Crippen LogP contribution in [0.25, 0.3) is 0 Å². The molecule has 1 saturated carbocycles. The molecule has 1 aromatic heterocycles. The average molecular weight is 195 g/mol. The number of tetrazole rings is 1. The van der Waals surface area contributed by atoms with Gasteiger partial charge in [-0.3, -0.25) is 4.79 Å². The quantitative estimate of drug-likeness (QED) is 0.740. The number of nitrogens with one attached hydrogen (secondary N) is 1. The molecule has 1 aliphatic carbocycles. The molecule has 2 rings (SSSR count). The highest BCUT2D eigenvalue weighted by molar-refractivity contribution is 5.89. The van der Waals surface area contributed by atoms with E-state index in [1.165, 1.54) is 19.3 Å². The number of aromatic nitrogens is 4. The fourth-order valence-corrected chi connectivity index (χ4v) is 1.57. The highest BCUT2D eigenvalue weighted by atomic mass is 16.2. The van der Waals surface area contributed by atoms with Gasteiger partial charge in [0, 0.05) is 13.6 Å². The number of carbonyl (C=O) groups is 1. The smallest absolute Gasteiger partial charge is 0.295 e. The van der Waals surface area contributed by atoms with Crippen molar-refractivity contribution in [2.75, 3.05) is 13.6 Å². The molecule has 0 unspecified atom stereocenters. The van der Waals surface area contributed by atoms with Gasteiger partial charge < -0.3 is 4.90 Å². The summed E-state index contributed by atoms with van der Waals surface area (Å²) in [6, 6.07) is 0. The number of nitrogens with zero attached hydrogens (tertiary/aromatic N) is 4. The summed E-state index contributed by atoms with van der Waals surface area (Å²) in [4.78, 5) is 13.3. The lowest BCUT2D eigenvalue weighted by Crippen LogP contribution is -2.34. The lowest BCUT2D eigenvalue weighted by Gasteiger charge is -2.29. The molecule has 0 radical (unpaired) electrons. The van der Waals surface area contributed by atoms with Crippen molar-refractivity contribution >= 4 is 5.91 Å². The lowest BCUT2D eigenvalue weighted by atomic mass is 9.85. The van der Waals surface area contributed by atoms with Crippen LogP contribution in [0.2, 0.25) is 0 Å². The zero-order valence-corrected chi connectivity index (χ0v) is 8.10. The summed E-state index contributed by atoms with van der Waals surface area (Å²) in [6.45, 7) is 0.799. The number of carbonyl (C=O) groups excluding carboxylic acids is 1. The van der Waals surface area contributed by atoms with Crippen molar-refractivity contribution in [3.63, 3.8) is 0 Å². The Labute approximate surface area is 81.7 Å². The van der Waals surface area contributed by atoms with E-state index in [0.717, 1.165) is 6.54 Å². The Kier molecular flexibility index (Phi) is 2.43. The molecule has 0 aliphatic heterocycles. The Morgan fingerprint density at radius 1 is 1.64 bits per heavy atom. The highest BCUT2D eigenvalue weighted by Gasteiger charge is 2.23. The fourth-order valence-electron chi connectivity index (χ4n) is 1.57. The maximum atomic E-state index is 11.6. The largest absolute Gasteiger partial charge is 0.339 e. The minimum absolute atomic E-state index is 0.145. The second-order valence-corrected chi connectivity index (χ2v) is 3.72. The van der Waals surface area contributed by atoms with Crippen LogP contribution in [0, 0.1) is 5.92 Å². The first-order chi connectivity index (χ1) is 6.77. The molecule has 0 bridgehead atoms. The van der Waals surface area contributed by atoms with Gasteiger partial charge in [0.05, 0.1) is 0 Å². The van der Waals surface area contributed by atoms with E-state index >= 15 is 0 Å². The summed E-state index contributed by atoms with van der Waals surface area (Å²) in [5.41, 5.74) is 0. The van der Waals surface area contributed by atoms with Gasteiger partial charge in [-0.2, -0.15) is 5.21 Å². The van der Waals surface area contributed by atoms with Crippen molar-refractivity contribution in [3.05, 3.63) is 5.82 Å². The Morgan fingerprint density at radius 2 is 2.43 bits per heavy atom.